The zero-order valence-corrected chi connectivity index (χ0v) is 12.9. The van der Waals surface area contributed by atoms with Crippen LogP contribution in [0.5, 0.6) is 0 Å². The van der Waals surface area contributed by atoms with Crippen molar-refractivity contribution in [1.29, 1.82) is 0 Å². The first-order chi connectivity index (χ1) is 9.49. The maximum absolute atomic E-state index is 6.07. The number of aryl methyl sites for hydroxylation is 3. The number of anilines is 1. The molecule has 5 nitrogen and oxygen atoms in total. The van der Waals surface area contributed by atoms with Gasteiger partial charge in [0.1, 0.15) is 17.3 Å². The third-order valence-corrected chi connectivity index (χ3v) is 4.67. The first-order valence-electron chi connectivity index (χ1n) is 6.47. The SMILES string of the molecule is Cc1nc(N)c2c(C)c(C)n(Cc3scnc3C)c2n1. The maximum atomic E-state index is 6.07. The van der Waals surface area contributed by atoms with Crippen LogP contribution in [0.2, 0.25) is 0 Å². The minimum Gasteiger partial charge on any atom is -0.383 e. The smallest absolute Gasteiger partial charge is 0.146 e. The lowest BCUT2D eigenvalue weighted by molar-refractivity contribution is 0.792. The Hall–Kier alpha value is -1.95. The van der Waals surface area contributed by atoms with E-state index in [9.17, 15) is 0 Å². The number of fused-ring (bicyclic) bond motifs is 1. The molecule has 0 atom stereocenters. The molecule has 0 aromatic carbocycles. The van der Waals surface area contributed by atoms with Crippen LogP contribution in [-0.2, 0) is 6.54 Å². The number of nitrogens with two attached hydrogens (primary N) is 1. The predicted molar refractivity (Wildman–Crippen MR) is 82.1 cm³/mol. The van der Waals surface area contributed by atoms with E-state index in [1.165, 1.54) is 10.6 Å². The summed E-state index contributed by atoms with van der Waals surface area (Å²) in [6.07, 6.45) is 0. The highest BCUT2D eigenvalue weighted by Gasteiger charge is 2.17. The lowest BCUT2D eigenvalue weighted by atomic mass is 10.2. The van der Waals surface area contributed by atoms with Gasteiger partial charge in [0.05, 0.1) is 23.1 Å². The van der Waals surface area contributed by atoms with Crippen LogP contribution in [0.4, 0.5) is 5.82 Å². The molecular weight excluding hydrogens is 270 g/mol. The Kier molecular flexibility index (Phi) is 2.97. The number of nitrogen functional groups attached to an aromatic ring is 1. The van der Waals surface area contributed by atoms with Gasteiger partial charge < -0.3 is 10.3 Å². The van der Waals surface area contributed by atoms with Crippen LogP contribution in [-0.4, -0.2) is 19.5 Å². The summed E-state index contributed by atoms with van der Waals surface area (Å²) in [7, 11) is 0. The molecule has 3 aromatic heterocycles. The van der Waals surface area contributed by atoms with Gasteiger partial charge in [-0.05, 0) is 33.3 Å². The van der Waals surface area contributed by atoms with Crippen LogP contribution in [0.3, 0.4) is 0 Å². The average Bonchev–Trinajstić information content (AvgIpc) is 2.87. The van der Waals surface area contributed by atoms with Gasteiger partial charge >= 0.3 is 0 Å². The van der Waals surface area contributed by atoms with Gasteiger partial charge in [0, 0.05) is 10.6 Å². The summed E-state index contributed by atoms with van der Waals surface area (Å²) in [6.45, 7) is 8.86. The molecule has 6 heteroatoms. The van der Waals surface area contributed by atoms with Crippen molar-refractivity contribution in [2.24, 2.45) is 0 Å². The van der Waals surface area contributed by atoms with Crippen molar-refractivity contribution in [3.63, 3.8) is 0 Å². The molecule has 0 radical (unpaired) electrons. The Bertz CT molecular complexity index is 800. The molecule has 0 bridgehead atoms. The monoisotopic (exact) mass is 287 g/mol. The van der Waals surface area contributed by atoms with E-state index in [1.54, 1.807) is 11.3 Å². The lowest BCUT2D eigenvalue weighted by Gasteiger charge is -2.07. The van der Waals surface area contributed by atoms with Crippen molar-refractivity contribution in [3.8, 4) is 0 Å². The van der Waals surface area contributed by atoms with Gasteiger partial charge in [-0.1, -0.05) is 0 Å². The molecule has 0 aliphatic rings. The van der Waals surface area contributed by atoms with Crippen molar-refractivity contribution in [3.05, 3.63) is 33.2 Å². The number of hydrogen-bond acceptors (Lipinski definition) is 5. The van der Waals surface area contributed by atoms with Crippen molar-refractivity contribution in [2.75, 3.05) is 5.73 Å². The summed E-state index contributed by atoms with van der Waals surface area (Å²) in [5.74, 6) is 1.27. The van der Waals surface area contributed by atoms with Crippen molar-refractivity contribution < 1.29 is 0 Å². The lowest BCUT2D eigenvalue weighted by Crippen LogP contribution is -2.04. The van der Waals surface area contributed by atoms with Crippen molar-refractivity contribution >= 4 is 28.2 Å². The molecule has 3 aromatic rings. The standard InChI is InChI=1S/C14H17N5S/c1-7-9(3)19(5-11-8(2)16-6-20-11)14-12(7)13(15)17-10(4)18-14/h6H,5H2,1-4H3,(H2,15,17,18). The molecule has 3 rings (SSSR count). The molecule has 0 aliphatic carbocycles. The summed E-state index contributed by atoms with van der Waals surface area (Å²) >= 11 is 1.67. The van der Waals surface area contributed by atoms with Gasteiger partial charge in [0.2, 0.25) is 0 Å². The van der Waals surface area contributed by atoms with Crippen LogP contribution in [0, 0.1) is 27.7 Å². The molecule has 0 saturated carbocycles. The summed E-state index contributed by atoms with van der Waals surface area (Å²) in [5.41, 5.74) is 12.3. The van der Waals surface area contributed by atoms with E-state index < -0.39 is 0 Å². The molecule has 0 unspecified atom stereocenters. The summed E-state index contributed by atoms with van der Waals surface area (Å²) < 4.78 is 2.20. The van der Waals surface area contributed by atoms with Crippen LogP contribution in [0.15, 0.2) is 5.51 Å². The number of thiazole rings is 1. The third-order valence-electron chi connectivity index (χ3n) is 3.75. The largest absolute Gasteiger partial charge is 0.383 e. The van der Waals surface area contributed by atoms with E-state index in [-0.39, 0.29) is 0 Å². The Labute approximate surface area is 121 Å². The summed E-state index contributed by atoms with van der Waals surface area (Å²) in [4.78, 5) is 14.4. The topological polar surface area (TPSA) is 69.6 Å². The number of hydrogen-bond donors (Lipinski definition) is 1. The number of aromatic nitrogens is 4. The second kappa shape index (κ2) is 4.56. The number of rotatable bonds is 2. The average molecular weight is 287 g/mol. The summed E-state index contributed by atoms with van der Waals surface area (Å²) in [5, 5.41) is 0.968. The Balaban J connectivity index is 2.25. The van der Waals surface area contributed by atoms with E-state index in [4.69, 9.17) is 5.73 Å². The first-order valence-corrected chi connectivity index (χ1v) is 7.35. The van der Waals surface area contributed by atoms with Gasteiger partial charge in [-0.2, -0.15) is 0 Å². The van der Waals surface area contributed by atoms with E-state index >= 15 is 0 Å². The van der Waals surface area contributed by atoms with Gasteiger partial charge in [-0.15, -0.1) is 11.3 Å². The number of nitrogens with zero attached hydrogens (tertiary/aromatic N) is 4. The second-order valence-electron chi connectivity index (χ2n) is 5.01. The molecule has 104 valence electrons. The molecular formula is C14H17N5S. The highest BCUT2D eigenvalue weighted by atomic mass is 32.1. The van der Waals surface area contributed by atoms with Crippen LogP contribution in [0.1, 0.15) is 27.7 Å². The first kappa shape index (κ1) is 13.1. The zero-order valence-electron chi connectivity index (χ0n) is 12.1. The molecule has 0 saturated heterocycles. The summed E-state index contributed by atoms with van der Waals surface area (Å²) in [6, 6.07) is 0. The van der Waals surface area contributed by atoms with E-state index in [2.05, 4.69) is 33.4 Å². The minimum absolute atomic E-state index is 0.563. The third kappa shape index (κ3) is 1.87. The van der Waals surface area contributed by atoms with Gasteiger partial charge in [0.25, 0.3) is 0 Å². The Morgan fingerprint density at radius 2 is 1.95 bits per heavy atom. The molecule has 20 heavy (non-hydrogen) atoms. The van der Waals surface area contributed by atoms with Crippen LogP contribution >= 0.6 is 11.3 Å². The molecule has 3 heterocycles. The highest BCUT2D eigenvalue weighted by molar-refractivity contribution is 7.09. The quantitative estimate of drug-likeness (QED) is 0.787. The second-order valence-corrected chi connectivity index (χ2v) is 5.95. The molecule has 0 fully saturated rings. The zero-order chi connectivity index (χ0) is 14.4. The van der Waals surface area contributed by atoms with Gasteiger partial charge in [0.15, 0.2) is 0 Å². The van der Waals surface area contributed by atoms with E-state index in [1.807, 2.05) is 19.4 Å². The fourth-order valence-electron chi connectivity index (χ4n) is 2.49. The Morgan fingerprint density at radius 1 is 1.20 bits per heavy atom. The van der Waals surface area contributed by atoms with Crippen LogP contribution in [0.25, 0.3) is 11.0 Å². The van der Waals surface area contributed by atoms with Gasteiger partial charge in [-0.25, -0.2) is 15.0 Å². The normalized spacial score (nSPS) is 11.4. The maximum Gasteiger partial charge on any atom is 0.146 e. The van der Waals surface area contributed by atoms with E-state index in [0.29, 0.717) is 11.6 Å². The van der Waals surface area contributed by atoms with Gasteiger partial charge in [-0.3, -0.25) is 0 Å². The van der Waals surface area contributed by atoms with Crippen molar-refractivity contribution in [2.45, 2.75) is 34.2 Å². The fraction of sp³-hybridized carbons (Fsp3) is 0.357. The predicted octanol–water partition coefficient (Wildman–Crippen LogP) is 2.75. The van der Waals surface area contributed by atoms with Crippen molar-refractivity contribution in [1.82, 2.24) is 19.5 Å². The highest BCUT2D eigenvalue weighted by Crippen LogP contribution is 2.29. The molecule has 0 aliphatic heterocycles. The Morgan fingerprint density at radius 3 is 2.60 bits per heavy atom. The molecule has 0 amide bonds. The fourth-order valence-corrected chi connectivity index (χ4v) is 3.26. The van der Waals surface area contributed by atoms with Crippen LogP contribution < -0.4 is 5.73 Å². The minimum atomic E-state index is 0.563. The molecule has 2 N–H and O–H groups in total. The van der Waals surface area contributed by atoms with E-state index in [0.717, 1.165) is 28.8 Å². The molecule has 0 spiro atoms.